The van der Waals surface area contributed by atoms with Gasteiger partial charge >= 0.3 is 5.97 Å². The lowest BCUT2D eigenvalue weighted by Crippen LogP contribution is -2.21. The van der Waals surface area contributed by atoms with Gasteiger partial charge in [0, 0.05) is 34.9 Å². The van der Waals surface area contributed by atoms with Crippen LogP contribution in [0.3, 0.4) is 0 Å². The van der Waals surface area contributed by atoms with Crippen LogP contribution in [-0.4, -0.2) is 22.2 Å². The van der Waals surface area contributed by atoms with E-state index in [-0.39, 0.29) is 6.54 Å². The van der Waals surface area contributed by atoms with Gasteiger partial charge in [-0.15, -0.1) is 0 Å². The van der Waals surface area contributed by atoms with Crippen molar-refractivity contribution in [1.29, 1.82) is 0 Å². The molecule has 0 amide bonds. The Bertz CT molecular complexity index is 805. The van der Waals surface area contributed by atoms with Crippen molar-refractivity contribution in [2.75, 3.05) is 6.54 Å². The lowest BCUT2D eigenvalue weighted by atomic mass is 10.1. The van der Waals surface area contributed by atoms with Gasteiger partial charge in [-0.2, -0.15) is 0 Å². The zero-order valence-corrected chi connectivity index (χ0v) is 12.0. The number of hydrogen-bond acceptors (Lipinski definition) is 2. The molecule has 4 heteroatoms. The molecule has 0 spiro atoms. The number of nitrogens with zero attached hydrogens (tertiary/aromatic N) is 1. The molecule has 1 heterocycles. The first-order valence-electron chi connectivity index (χ1n) is 7.13. The second kappa shape index (κ2) is 5.58. The number of hydrogen-bond donors (Lipinski definition) is 2. The van der Waals surface area contributed by atoms with Crippen molar-refractivity contribution in [2.24, 2.45) is 0 Å². The molecular weight excluding hydrogens is 264 g/mol. The van der Waals surface area contributed by atoms with Crippen LogP contribution in [0.2, 0.25) is 0 Å². The van der Waals surface area contributed by atoms with Crippen LogP contribution in [0.1, 0.15) is 12.5 Å². The molecule has 0 saturated carbocycles. The number of rotatable bonds is 5. The van der Waals surface area contributed by atoms with Crippen LogP contribution in [0.4, 0.5) is 0 Å². The van der Waals surface area contributed by atoms with Gasteiger partial charge in [-0.1, -0.05) is 24.3 Å². The molecule has 0 aliphatic heterocycles. The van der Waals surface area contributed by atoms with Crippen molar-refractivity contribution in [3.05, 3.63) is 48.0 Å². The molecule has 0 atom stereocenters. The molecule has 0 radical (unpaired) electrons. The van der Waals surface area contributed by atoms with E-state index in [1.54, 1.807) is 0 Å². The molecule has 21 heavy (non-hydrogen) atoms. The monoisotopic (exact) mass is 282 g/mol. The molecule has 3 rings (SSSR count). The molecule has 0 aliphatic carbocycles. The van der Waals surface area contributed by atoms with Crippen LogP contribution < -0.4 is 5.32 Å². The summed E-state index contributed by atoms with van der Waals surface area (Å²) in [5, 5.41) is 14.1. The summed E-state index contributed by atoms with van der Waals surface area (Å²) in [6, 6.07) is 14.7. The van der Waals surface area contributed by atoms with Crippen LogP contribution in [0, 0.1) is 0 Å². The minimum atomic E-state index is -0.835. The van der Waals surface area contributed by atoms with Gasteiger partial charge in [0.25, 0.3) is 0 Å². The van der Waals surface area contributed by atoms with Gasteiger partial charge in [0.05, 0.1) is 6.54 Å². The van der Waals surface area contributed by atoms with E-state index in [4.69, 9.17) is 5.11 Å². The smallest absolute Gasteiger partial charge is 0.317 e. The SMILES string of the molecule is CCn1c2ccccc2c2cc(CNCC(=O)O)ccc21. The lowest BCUT2D eigenvalue weighted by Gasteiger charge is -2.05. The Morgan fingerprint density at radius 1 is 1.14 bits per heavy atom. The van der Waals surface area contributed by atoms with Gasteiger partial charge in [0.1, 0.15) is 0 Å². The number of carboxylic acids is 1. The zero-order valence-electron chi connectivity index (χ0n) is 12.0. The summed E-state index contributed by atoms with van der Waals surface area (Å²) in [5.74, 6) is -0.835. The quantitative estimate of drug-likeness (QED) is 0.756. The van der Waals surface area contributed by atoms with Crippen LogP contribution in [-0.2, 0) is 17.9 Å². The molecule has 4 nitrogen and oxygen atoms in total. The summed E-state index contributed by atoms with van der Waals surface area (Å²) in [6.45, 7) is 3.62. The van der Waals surface area contributed by atoms with E-state index >= 15 is 0 Å². The summed E-state index contributed by atoms with van der Waals surface area (Å²) in [6.07, 6.45) is 0. The second-order valence-corrected chi connectivity index (χ2v) is 5.11. The van der Waals surface area contributed by atoms with Crippen LogP contribution >= 0.6 is 0 Å². The standard InChI is InChI=1S/C17H18N2O2/c1-2-19-15-6-4-3-5-13(15)14-9-12(7-8-16(14)19)10-18-11-17(20)21/h3-9,18H,2,10-11H2,1H3,(H,20,21). The second-order valence-electron chi connectivity index (χ2n) is 5.11. The highest BCUT2D eigenvalue weighted by atomic mass is 16.4. The summed E-state index contributed by atoms with van der Waals surface area (Å²) < 4.78 is 2.30. The van der Waals surface area contributed by atoms with E-state index in [1.165, 1.54) is 21.8 Å². The van der Waals surface area contributed by atoms with E-state index < -0.39 is 5.97 Å². The molecule has 0 unspecified atom stereocenters. The van der Waals surface area contributed by atoms with Crippen molar-refractivity contribution >= 4 is 27.8 Å². The van der Waals surface area contributed by atoms with Crippen molar-refractivity contribution in [2.45, 2.75) is 20.0 Å². The Kier molecular flexibility index (Phi) is 3.62. The number of carbonyl (C=O) groups is 1. The van der Waals surface area contributed by atoms with Gasteiger partial charge in [-0.3, -0.25) is 4.79 Å². The maximum absolute atomic E-state index is 10.6. The Morgan fingerprint density at radius 2 is 1.90 bits per heavy atom. The van der Waals surface area contributed by atoms with E-state index in [1.807, 2.05) is 0 Å². The molecule has 2 N–H and O–H groups in total. The molecule has 0 aliphatic rings. The molecule has 0 bridgehead atoms. The molecule has 1 aromatic heterocycles. The molecular formula is C17H18N2O2. The van der Waals surface area contributed by atoms with Gasteiger partial charge in [0.15, 0.2) is 0 Å². The molecule has 0 saturated heterocycles. The lowest BCUT2D eigenvalue weighted by molar-refractivity contribution is -0.135. The fraction of sp³-hybridized carbons (Fsp3) is 0.235. The van der Waals surface area contributed by atoms with Crippen molar-refractivity contribution < 1.29 is 9.90 Å². The number of nitrogens with one attached hydrogen (secondary N) is 1. The predicted octanol–water partition coefficient (Wildman–Crippen LogP) is 2.99. The maximum atomic E-state index is 10.6. The average Bonchev–Trinajstić information content (AvgIpc) is 2.80. The van der Waals surface area contributed by atoms with Crippen molar-refractivity contribution in [1.82, 2.24) is 9.88 Å². The highest BCUT2D eigenvalue weighted by molar-refractivity contribution is 6.08. The third-order valence-electron chi connectivity index (χ3n) is 3.76. The summed E-state index contributed by atoms with van der Waals surface area (Å²) in [7, 11) is 0. The van der Waals surface area contributed by atoms with Crippen molar-refractivity contribution in [3.63, 3.8) is 0 Å². The number of aromatic nitrogens is 1. The fourth-order valence-corrected chi connectivity index (χ4v) is 2.87. The summed E-state index contributed by atoms with van der Waals surface area (Å²) in [5.41, 5.74) is 3.56. The predicted molar refractivity (Wildman–Crippen MR) is 84.5 cm³/mol. The third-order valence-corrected chi connectivity index (χ3v) is 3.76. The number of fused-ring (bicyclic) bond motifs is 3. The Hall–Kier alpha value is -2.33. The first-order chi connectivity index (χ1) is 10.2. The Morgan fingerprint density at radius 3 is 2.67 bits per heavy atom. The van der Waals surface area contributed by atoms with Gasteiger partial charge < -0.3 is 15.0 Å². The fourth-order valence-electron chi connectivity index (χ4n) is 2.87. The number of benzene rings is 2. The zero-order chi connectivity index (χ0) is 14.8. The minimum Gasteiger partial charge on any atom is -0.480 e. The largest absolute Gasteiger partial charge is 0.480 e. The van der Waals surface area contributed by atoms with Crippen molar-refractivity contribution in [3.8, 4) is 0 Å². The van der Waals surface area contributed by atoms with E-state index in [9.17, 15) is 4.79 Å². The summed E-state index contributed by atoms with van der Waals surface area (Å²) in [4.78, 5) is 10.6. The first kappa shape index (κ1) is 13.6. The van der Waals surface area contributed by atoms with Crippen LogP contribution in [0.25, 0.3) is 21.8 Å². The van der Waals surface area contributed by atoms with E-state index in [2.05, 4.69) is 59.3 Å². The van der Waals surface area contributed by atoms with Crippen LogP contribution in [0.15, 0.2) is 42.5 Å². The average molecular weight is 282 g/mol. The van der Waals surface area contributed by atoms with E-state index in [0.717, 1.165) is 12.1 Å². The Balaban J connectivity index is 2.04. The highest BCUT2D eigenvalue weighted by Crippen LogP contribution is 2.29. The normalized spacial score (nSPS) is 11.3. The topological polar surface area (TPSA) is 54.3 Å². The number of aliphatic carboxylic acids is 1. The van der Waals surface area contributed by atoms with E-state index in [0.29, 0.717) is 6.54 Å². The molecule has 3 aromatic rings. The van der Waals surface area contributed by atoms with Gasteiger partial charge in [-0.25, -0.2) is 0 Å². The number of para-hydroxylation sites is 1. The highest BCUT2D eigenvalue weighted by Gasteiger charge is 2.09. The Labute approximate surface area is 123 Å². The minimum absolute atomic E-state index is 0.0191. The third kappa shape index (κ3) is 2.50. The van der Waals surface area contributed by atoms with Crippen LogP contribution in [0.5, 0.6) is 0 Å². The first-order valence-corrected chi connectivity index (χ1v) is 7.13. The molecule has 108 valence electrons. The number of aryl methyl sites for hydroxylation is 1. The van der Waals surface area contributed by atoms with Gasteiger partial charge in [-0.05, 0) is 30.7 Å². The number of carboxylic acid groups (broad SMARTS) is 1. The maximum Gasteiger partial charge on any atom is 0.317 e. The molecule has 0 fully saturated rings. The molecule has 2 aromatic carbocycles. The summed E-state index contributed by atoms with van der Waals surface area (Å²) >= 11 is 0. The van der Waals surface area contributed by atoms with Gasteiger partial charge in [0.2, 0.25) is 0 Å².